The van der Waals surface area contributed by atoms with Gasteiger partial charge in [-0.1, -0.05) is 29.8 Å². The Labute approximate surface area is 200 Å². The molecule has 10 heteroatoms. The number of hydrogen-bond acceptors (Lipinski definition) is 7. The third-order valence-electron chi connectivity index (χ3n) is 5.99. The van der Waals surface area contributed by atoms with Gasteiger partial charge in [0, 0.05) is 31.7 Å². The molecule has 1 unspecified atom stereocenters. The van der Waals surface area contributed by atoms with Crippen molar-refractivity contribution in [3.63, 3.8) is 0 Å². The zero-order valence-corrected chi connectivity index (χ0v) is 19.2. The summed E-state index contributed by atoms with van der Waals surface area (Å²) < 4.78 is 20.3. The Morgan fingerprint density at radius 2 is 1.71 bits per heavy atom. The van der Waals surface area contributed by atoms with Crippen molar-refractivity contribution in [2.75, 3.05) is 31.1 Å². The Bertz CT molecular complexity index is 1330. The van der Waals surface area contributed by atoms with Crippen LogP contribution in [0.1, 0.15) is 18.9 Å². The third-order valence-corrected chi connectivity index (χ3v) is 6.35. The normalized spacial score (nSPS) is 15.4. The van der Waals surface area contributed by atoms with Crippen molar-refractivity contribution < 1.29 is 8.81 Å². The minimum atomic E-state index is -0.347. The van der Waals surface area contributed by atoms with Crippen molar-refractivity contribution in [2.45, 2.75) is 13.0 Å². The predicted octanol–water partition coefficient (Wildman–Crippen LogP) is 3.96. The summed E-state index contributed by atoms with van der Waals surface area (Å²) in [6, 6.07) is 15.0. The first-order valence-electron chi connectivity index (χ1n) is 10.9. The molecule has 5 rings (SSSR count). The zero-order chi connectivity index (χ0) is 23.7. The first-order valence-corrected chi connectivity index (χ1v) is 11.3. The molecule has 1 atom stereocenters. The molecule has 0 saturated carbocycles. The van der Waals surface area contributed by atoms with E-state index in [1.807, 2.05) is 37.3 Å². The van der Waals surface area contributed by atoms with Crippen LogP contribution in [-0.4, -0.2) is 51.1 Å². The Morgan fingerprint density at radius 3 is 2.41 bits per heavy atom. The van der Waals surface area contributed by atoms with Crippen molar-refractivity contribution in [2.24, 2.45) is 0 Å². The Morgan fingerprint density at radius 1 is 1.00 bits per heavy atom. The highest BCUT2D eigenvalue weighted by molar-refractivity contribution is 6.33. The number of piperazine rings is 1. The van der Waals surface area contributed by atoms with Crippen LogP contribution in [0.5, 0.6) is 0 Å². The highest BCUT2D eigenvalue weighted by atomic mass is 35.5. The molecule has 0 amide bonds. The molecule has 1 saturated heterocycles. The molecule has 1 aliphatic heterocycles. The van der Waals surface area contributed by atoms with E-state index in [0.717, 1.165) is 0 Å². The van der Waals surface area contributed by atoms with Crippen LogP contribution >= 0.6 is 11.6 Å². The SMILES string of the molecule is CC(c1nnc(-c2ccc(F)cc2)o1)N1CCN(c2cnn(-c3ccccc3)c(=O)c2Cl)CC1. The van der Waals surface area contributed by atoms with Crippen LogP contribution in [0.25, 0.3) is 17.1 Å². The number of anilines is 1. The van der Waals surface area contributed by atoms with Gasteiger partial charge in [-0.25, -0.2) is 4.39 Å². The molecule has 0 N–H and O–H groups in total. The standard InChI is InChI=1S/C24H22ClFN6O2/c1-16(22-28-29-23(34-22)17-7-9-18(26)10-8-17)30-11-13-31(14-12-30)20-15-27-32(24(33)21(20)25)19-5-3-2-4-6-19/h2-10,15-16H,11-14H2,1H3. The van der Waals surface area contributed by atoms with Gasteiger partial charge in [0.2, 0.25) is 11.8 Å². The number of para-hydroxylation sites is 1. The summed E-state index contributed by atoms with van der Waals surface area (Å²) in [7, 11) is 0. The number of nitrogens with zero attached hydrogens (tertiary/aromatic N) is 6. The quantitative estimate of drug-likeness (QED) is 0.427. The van der Waals surface area contributed by atoms with Gasteiger partial charge >= 0.3 is 0 Å². The van der Waals surface area contributed by atoms with Crippen LogP contribution in [0.3, 0.4) is 0 Å². The monoisotopic (exact) mass is 480 g/mol. The van der Waals surface area contributed by atoms with Gasteiger partial charge in [0.25, 0.3) is 5.56 Å². The molecule has 0 spiro atoms. The fourth-order valence-corrected chi connectivity index (χ4v) is 4.26. The highest BCUT2D eigenvalue weighted by Gasteiger charge is 2.27. The molecule has 0 aliphatic carbocycles. The van der Waals surface area contributed by atoms with E-state index in [1.54, 1.807) is 18.3 Å². The van der Waals surface area contributed by atoms with E-state index >= 15 is 0 Å². The topological polar surface area (TPSA) is 80.3 Å². The van der Waals surface area contributed by atoms with Crippen LogP contribution in [0.15, 0.2) is 70.0 Å². The zero-order valence-electron chi connectivity index (χ0n) is 18.4. The van der Waals surface area contributed by atoms with Gasteiger partial charge < -0.3 is 9.32 Å². The predicted molar refractivity (Wildman–Crippen MR) is 127 cm³/mol. The van der Waals surface area contributed by atoms with Gasteiger partial charge in [0.15, 0.2) is 0 Å². The smallest absolute Gasteiger partial charge is 0.292 e. The van der Waals surface area contributed by atoms with Crippen molar-refractivity contribution in [1.82, 2.24) is 24.9 Å². The Balaban J connectivity index is 1.26. The molecule has 2 aromatic carbocycles. The molecule has 2 aromatic heterocycles. The molecule has 8 nitrogen and oxygen atoms in total. The molecule has 3 heterocycles. The maximum atomic E-state index is 13.2. The molecule has 0 radical (unpaired) electrons. The van der Waals surface area contributed by atoms with Crippen molar-refractivity contribution in [3.8, 4) is 17.1 Å². The summed E-state index contributed by atoms with van der Waals surface area (Å²) >= 11 is 6.46. The van der Waals surface area contributed by atoms with Gasteiger partial charge in [-0.15, -0.1) is 10.2 Å². The molecule has 1 fully saturated rings. The van der Waals surface area contributed by atoms with Gasteiger partial charge in [0.05, 0.1) is 23.6 Å². The van der Waals surface area contributed by atoms with Crippen LogP contribution in [0.4, 0.5) is 10.1 Å². The van der Waals surface area contributed by atoms with Crippen molar-refractivity contribution in [3.05, 3.63) is 87.9 Å². The lowest BCUT2D eigenvalue weighted by Gasteiger charge is -2.38. The number of rotatable bonds is 5. The lowest BCUT2D eigenvalue weighted by molar-refractivity contribution is 0.173. The highest BCUT2D eigenvalue weighted by Crippen LogP contribution is 2.27. The molecular formula is C24H22ClFN6O2. The summed E-state index contributed by atoms with van der Waals surface area (Å²) in [6.07, 6.45) is 1.64. The second-order valence-electron chi connectivity index (χ2n) is 8.05. The Kier molecular flexibility index (Phi) is 6.12. The molecule has 0 bridgehead atoms. The molecule has 1 aliphatic rings. The van der Waals surface area contributed by atoms with Crippen LogP contribution < -0.4 is 10.5 Å². The van der Waals surface area contributed by atoms with E-state index < -0.39 is 0 Å². The maximum absolute atomic E-state index is 13.2. The fourth-order valence-electron chi connectivity index (χ4n) is 4.02. The molecule has 4 aromatic rings. The minimum Gasteiger partial charge on any atom is -0.419 e. The van der Waals surface area contributed by atoms with E-state index in [1.165, 1.54) is 16.8 Å². The largest absolute Gasteiger partial charge is 0.419 e. The van der Waals surface area contributed by atoms with Crippen LogP contribution in [0, 0.1) is 5.82 Å². The summed E-state index contributed by atoms with van der Waals surface area (Å²) in [5.41, 5.74) is 1.62. The van der Waals surface area contributed by atoms with E-state index in [9.17, 15) is 9.18 Å². The van der Waals surface area contributed by atoms with Gasteiger partial charge in [0.1, 0.15) is 10.8 Å². The van der Waals surface area contributed by atoms with Crippen LogP contribution in [-0.2, 0) is 0 Å². The van der Waals surface area contributed by atoms with E-state index in [4.69, 9.17) is 16.0 Å². The van der Waals surface area contributed by atoms with Gasteiger partial charge in [-0.3, -0.25) is 9.69 Å². The van der Waals surface area contributed by atoms with E-state index in [2.05, 4.69) is 25.1 Å². The summed E-state index contributed by atoms with van der Waals surface area (Å²) in [5.74, 6) is 0.540. The lowest BCUT2D eigenvalue weighted by atomic mass is 10.2. The number of hydrogen-bond donors (Lipinski definition) is 0. The fraction of sp³-hybridized carbons (Fsp3) is 0.250. The second kappa shape index (κ2) is 9.36. The Hall–Kier alpha value is -3.56. The van der Waals surface area contributed by atoms with Crippen molar-refractivity contribution in [1.29, 1.82) is 0 Å². The average molecular weight is 481 g/mol. The van der Waals surface area contributed by atoms with Gasteiger partial charge in [-0.2, -0.15) is 9.78 Å². The summed E-state index contributed by atoms with van der Waals surface area (Å²) in [4.78, 5) is 17.1. The first kappa shape index (κ1) is 22.2. The van der Waals surface area contributed by atoms with Crippen LogP contribution in [0.2, 0.25) is 5.02 Å². The van der Waals surface area contributed by atoms with Crippen molar-refractivity contribution >= 4 is 17.3 Å². The van der Waals surface area contributed by atoms with Gasteiger partial charge in [-0.05, 0) is 43.3 Å². The molecular weight excluding hydrogens is 459 g/mol. The first-order chi connectivity index (χ1) is 16.5. The average Bonchev–Trinajstić information content (AvgIpc) is 3.37. The third kappa shape index (κ3) is 4.32. The number of aromatic nitrogens is 4. The summed E-state index contributed by atoms with van der Waals surface area (Å²) in [5, 5.41) is 12.8. The van der Waals surface area contributed by atoms with E-state index in [0.29, 0.717) is 54.9 Å². The van der Waals surface area contributed by atoms with E-state index in [-0.39, 0.29) is 22.4 Å². The number of halogens is 2. The lowest BCUT2D eigenvalue weighted by Crippen LogP contribution is -2.47. The number of benzene rings is 2. The second-order valence-corrected chi connectivity index (χ2v) is 8.43. The molecule has 174 valence electrons. The minimum absolute atomic E-state index is 0.0940. The molecule has 34 heavy (non-hydrogen) atoms. The summed E-state index contributed by atoms with van der Waals surface area (Å²) in [6.45, 7) is 4.77. The maximum Gasteiger partial charge on any atom is 0.292 e.